The number of nitrogens with zero attached hydrogens (tertiary/aromatic N) is 3. The molecule has 94 valence electrons. The van der Waals surface area contributed by atoms with E-state index in [2.05, 4.69) is 49.8 Å². The molecule has 0 aliphatic heterocycles. The van der Waals surface area contributed by atoms with Crippen LogP contribution in [-0.4, -0.2) is 22.0 Å². The maximum atomic E-state index is 4.62. The van der Waals surface area contributed by atoms with Gasteiger partial charge >= 0.3 is 0 Å². The third-order valence-electron chi connectivity index (χ3n) is 2.54. The smallest absolute Gasteiger partial charge is 0.180 e. The first kappa shape index (κ1) is 13.2. The molecule has 1 N–H and O–H groups in total. The minimum Gasteiger partial charge on any atom is -0.372 e. The molecule has 0 amide bonds. The van der Waals surface area contributed by atoms with Crippen molar-refractivity contribution in [3.8, 4) is 11.5 Å². The highest BCUT2D eigenvalue weighted by Crippen LogP contribution is 2.23. The fraction of sp³-hybridized carbons (Fsp3) is 0.308. The van der Waals surface area contributed by atoms with E-state index in [-0.39, 0.29) is 0 Å². The molecule has 18 heavy (non-hydrogen) atoms. The van der Waals surface area contributed by atoms with E-state index < -0.39 is 0 Å². The summed E-state index contributed by atoms with van der Waals surface area (Å²) in [5, 5.41) is 3.12. The Morgan fingerprint density at radius 2 is 2.11 bits per heavy atom. The van der Waals surface area contributed by atoms with Crippen molar-refractivity contribution in [3.05, 3.63) is 33.7 Å². The largest absolute Gasteiger partial charge is 0.372 e. The zero-order valence-corrected chi connectivity index (χ0v) is 12.6. The number of hydrogen-bond donors (Lipinski definition) is 1. The second-order valence-electron chi connectivity index (χ2n) is 3.87. The van der Waals surface area contributed by atoms with E-state index in [0.717, 1.165) is 33.6 Å². The van der Waals surface area contributed by atoms with Gasteiger partial charge in [0.2, 0.25) is 0 Å². The lowest BCUT2D eigenvalue weighted by Gasteiger charge is -2.10. The van der Waals surface area contributed by atoms with E-state index >= 15 is 0 Å². The SMILES string of the molecule is CCCc1nc(-c2ccccn2)nc(NC)c1I. The van der Waals surface area contributed by atoms with Gasteiger partial charge in [-0.25, -0.2) is 9.97 Å². The van der Waals surface area contributed by atoms with Gasteiger partial charge in [0, 0.05) is 13.2 Å². The van der Waals surface area contributed by atoms with E-state index in [9.17, 15) is 0 Å². The molecule has 0 spiro atoms. The zero-order chi connectivity index (χ0) is 13.0. The van der Waals surface area contributed by atoms with Gasteiger partial charge in [-0.2, -0.15) is 0 Å². The second-order valence-corrected chi connectivity index (χ2v) is 4.95. The molecule has 2 rings (SSSR count). The van der Waals surface area contributed by atoms with Crippen LogP contribution in [-0.2, 0) is 6.42 Å². The van der Waals surface area contributed by atoms with Gasteiger partial charge in [-0.3, -0.25) is 4.98 Å². The van der Waals surface area contributed by atoms with Crippen molar-refractivity contribution in [2.24, 2.45) is 0 Å². The van der Waals surface area contributed by atoms with Crippen LogP contribution < -0.4 is 5.32 Å². The molecule has 5 heteroatoms. The summed E-state index contributed by atoms with van der Waals surface area (Å²) in [5.41, 5.74) is 1.89. The summed E-state index contributed by atoms with van der Waals surface area (Å²) in [6, 6.07) is 5.77. The fourth-order valence-corrected chi connectivity index (χ4v) is 2.45. The molecule has 0 radical (unpaired) electrons. The van der Waals surface area contributed by atoms with Crippen molar-refractivity contribution in [3.63, 3.8) is 0 Å². The molecule has 2 aromatic rings. The van der Waals surface area contributed by atoms with Crippen molar-refractivity contribution in [2.45, 2.75) is 19.8 Å². The number of aryl methyl sites for hydroxylation is 1. The monoisotopic (exact) mass is 354 g/mol. The summed E-state index contributed by atoms with van der Waals surface area (Å²) >= 11 is 2.29. The van der Waals surface area contributed by atoms with E-state index in [4.69, 9.17) is 0 Å². The normalized spacial score (nSPS) is 10.4. The van der Waals surface area contributed by atoms with Crippen molar-refractivity contribution in [1.82, 2.24) is 15.0 Å². The molecule has 0 atom stereocenters. The lowest BCUT2D eigenvalue weighted by Crippen LogP contribution is -2.05. The van der Waals surface area contributed by atoms with Crippen LogP contribution in [0.4, 0.5) is 5.82 Å². The molecule has 2 aromatic heterocycles. The molecule has 0 fully saturated rings. The van der Waals surface area contributed by atoms with Crippen molar-refractivity contribution in [2.75, 3.05) is 12.4 Å². The standard InChI is InChI=1S/C13H15IN4/c1-3-6-9-11(14)13(15-2)18-12(17-9)10-7-4-5-8-16-10/h4-5,7-8H,3,6H2,1-2H3,(H,15,17,18). The minimum atomic E-state index is 0.684. The predicted octanol–water partition coefficient (Wildman–Crippen LogP) is 3.14. The Kier molecular flexibility index (Phi) is 4.46. The van der Waals surface area contributed by atoms with E-state index in [1.807, 2.05) is 25.2 Å². The Morgan fingerprint density at radius 3 is 2.72 bits per heavy atom. The summed E-state index contributed by atoms with van der Waals surface area (Å²) in [5.74, 6) is 1.55. The lowest BCUT2D eigenvalue weighted by atomic mass is 10.2. The van der Waals surface area contributed by atoms with E-state index in [1.165, 1.54) is 0 Å². The number of anilines is 1. The van der Waals surface area contributed by atoms with Crippen LogP contribution in [0.2, 0.25) is 0 Å². The van der Waals surface area contributed by atoms with Gasteiger partial charge in [-0.15, -0.1) is 0 Å². The number of pyridine rings is 1. The number of hydrogen-bond acceptors (Lipinski definition) is 4. The summed E-state index contributed by atoms with van der Waals surface area (Å²) in [7, 11) is 1.88. The number of halogens is 1. The summed E-state index contributed by atoms with van der Waals surface area (Å²) in [6.45, 7) is 2.15. The molecular weight excluding hydrogens is 339 g/mol. The Labute approximate surface area is 120 Å². The molecule has 4 nitrogen and oxygen atoms in total. The van der Waals surface area contributed by atoms with Gasteiger partial charge in [-0.1, -0.05) is 19.4 Å². The number of aromatic nitrogens is 3. The van der Waals surface area contributed by atoms with Gasteiger partial charge in [-0.05, 0) is 41.1 Å². The molecule has 0 saturated carbocycles. The van der Waals surface area contributed by atoms with Crippen LogP contribution in [0.3, 0.4) is 0 Å². The van der Waals surface area contributed by atoms with Crippen LogP contribution in [0.15, 0.2) is 24.4 Å². The lowest BCUT2D eigenvalue weighted by molar-refractivity contribution is 0.866. The van der Waals surface area contributed by atoms with Gasteiger partial charge < -0.3 is 5.32 Å². The fourth-order valence-electron chi connectivity index (χ4n) is 1.67. The first-order valence-corrected chi connectivity index (χ1v) is 6.99. The minimum absolute atomic E-state index is 0.684. The topological polar surface area (TPSA) is 50.7 Å². The predicted molar refractivity (Wildman–Crippen MR) is 81.5 cm³/mol. The third-order valence-corrected chi connectivity index (χ3v) is 3.67. The molecule has 0 aromatic carbocycles. The van der Waals surface area contributed by atoms with E-state index in [1.54, 1.807) is 6.20 Å². The quantitative estimate of drug-likeness (QED) is 0.858. The highest BCUT2D eigenvalue weighted by Gasteiger charge is 2.12. The highest BCUT2D eigenvalue weighted by atomic mass is 127. The maximum absolute atomic E-state index is 4.62. The van der Waals surface area contributed by atoms with Crippen molar-refractivity contribution in [1.29, 1.82) is 0 Å². The van der Waals surface area contributed by atoms with Crippen molar-refractivity contribution < 1.29 is 0 Å². The Bertz CT molecular complexity index is 528. The molecule has 2 heterocycles. The second kappa shape index (κ2) is 6.08. The molecule has 0 bridgehead atoms. The highest BCUT2D eigenvalue weighted by molar-refractivity contribution is 14.1. The first-order chi connectivity index (χ1) is 8.76. The van der Waals surface area contributed by atoms with Crippen LogP contribution in [0.25, 0.3) is 11.5 Å². The summed E-state index contributed by atoms with van der Waals surface area (Å²) < 4.78 is 1.09. The molecule has 0 aliphatic rings. The first-order valence-electron chi connectivity index (χ1n) is 5.91. The summed E-state index contributed by atoms with van der Waals surface area (Å²) in [6.07, 6.45) is 3.78. The third kappa shape index (κ3) is 2.77. The number of rotatable bonds is 4. The molecule has 0 aliphatic carbocycles. The average molecular weight is 354 g/mol. The Balaban J connectivity index is 2.52. The van der Waals surface area contributed by atoms with Crippen LogP contribution in [0.5, 0.6) is 0 Å². The molecule has 0 unspecified atom stereocenters. The molecular formula is C13H15IN4. The van der Waals surface area contributed by atoms with Crippen LogP contribution in [0.1, 0.15) is 19.0 Å². The maximum Gasteiger partial charge on any atom is 0.180 e. The molecule has 0 saturated heterocycles. The van der Waals surface area contributed by atoms with Crippen molar-refractivity contribution >= 4 is 28.4 Å². The average Bonchev–Trinajstić information content (AvgIpc) is 2.42. The Morgan fingerprint density at radius 1 is 1.28 bits per heavy atom. The zero-order valence-electron chi connectivity index (χ0n) is 10.4. The van der Waals surface area contributed by atoms with Gasteiger partial charge in [0.1, 0.15) is 11.5 Å². The van der Waals surface area contributed by atoms with E-state index in [0.29, 0.717) is 5.82 Å². The summed E-state index contributed by atoms with van der Waals surface area (Å²) in [4.78, 5) is 13.4. The van der Waals surface area contributed by atoms with Gasteiger partial charge in [0.25, 0.3) is 0 Å². The van der Waals surface area contributed by atoms with Gasteiger partial charge in [0.05, 0.1) is 9.26 Å². The number of nitrogens with one attached hydrogen (secondary N) is 1. The van der Waals surface area contributed by atoms with Gasteiger partial charge in [0.15, 0.2) is 5.82 Å². The van der Waals surface area contributed by atoms with Crippen LogP contribution >= 0.6 is 22.6 Å². The van der Waals surface area contributed by atoms with Crippen LogP contribution in [0, 0.1) is 3.57 Å². The Hall–Kier alpha value is -1.24.